The van der Waals surface area contributed by atoms with E-state index in [9.17, 15) is 0 Å². The van der Waals surface area contributed by atoms with Crippen molar-refractivity contribution in [1.82, 2.24) is 9.97 Å². The molecule has 1 saturated carbocycles. The molecule has 0 aromatic carbocycles. The number of halogens is 1. The summed E-state index contributed by atoms with van der Waals surface area (Å²) in [6.07, 6.45) is 6.32. The van der Waals surface area contributed by atoms with Gasteiger partial charge in [0.2, 0.25) is 0 Å². The molecule has 0 saturated heterocycles. The smallest absolute Gasteiger partial charge is 0.148 e. The molecule has 0 aliphatic heterocycles. The molecule has 2 N–H and O–H groups in total. The summed E-state index contributed by atoms with van der Waals surface area (Å²) in [6.45, 7) is 0. The maximum atomic E-state index is 6.01. The van der Waals surface area contributed by atoms with E-state index in [-0.39, 0.29) is 5.54 Å². The molecule has 12 heavy (non-hydrogen) atoms. The highest BCUT2D eigenvalue weighted by Crippen LogP contribution is 2.36. The molecule has 1 fully saturated rings. The molecule has 0 amide bonds. The highest BCUT2D eigenvalue weighted by Gasteiger charge is 2.36. The van der Waals surface area contributed by atoms with Gasteiger partial charge in [-0.1, -0.05) is 11.6 Å². The van der Waals surface area contributed by atoms with Crippen LogP contribution in [0.1, 0.15) is 25.1 Å². The van der Waals surface area contributed by atoms with Crippen LogP contribution in [0.15, 0.2) is 12.4 Å². The van der Waals surface area contributed by atoms with Crippen LogP contribution in [0.5, 0.6) is 0 Å². The van der Waals surface area contributed by atoms with Gasteiger partial charge in [0, 0.05) is 12.4 Å². The van der Waals surface area contributed by atoms with Crippen molar-refractivity contribution >= 4 is 11.6 Å². The first-order chi connectivity index (χ1) is 5.71. The minimum Gasteiger partial charge on any atom is -0.319 e. The summed E-state index contributed by atoms with van der Waals surface area (Å²) in [5, 5.41) is 0.557. The molecule has 2 rings (SSSR count). The van der Waals surface area contributed by atoms with Crippen molar-refractivity contribution in [3.63, 3.8) is 0 Å². The Hall–Kier alpha value is -0.670. The van der Waals surface area contributed by atoms with E-state index in [2.05, 4.69) is 9.97 Å². The van der Waals surface area contributed by atoms with Gasteiger partial charge in [-0.3, -0.25) is 0 Å². The zero-order chi connectivity index (χ0) is 8.60. The van der Waals surface area contributed by atoms with E-state index in [1.807, 2.05) is 0 Å². The summed E-state index contributed by atoms with van der Waals surface area (Å²) in [5.74, 6) is 0.721. The lowest BCUT2D eigenvalue weighted by Crippen LogP contribution is -2.44. The van der Waals surface area contributed by atoms with E-state index in [1.165, 1.54) is 6.42 Å². The van der Waals surface area contributed by atoms with Crippen LogP contribution in [0.3, 0.4) is 0 Å². The standard InChI is InChI=1S/C8H10ClN3/c9-6-4-11-7(12-5-6)8(10)2-1-3-8/h4-5H,1-3,10H2. The van der Waals surface area contributed by atoms with Crippen LogP contribution in [0.2, 0.25) is 5.02 Å². The van der Waals surface area contributed by atoms with Crippen LogP contribution >= 0.6 is 11.6 Å². The first-order valence-corrected chi connectivity index (χ1v) is 4.35. The van der Waals surface area contributed by atoms with Crippen LogP contribution in [-0.4, -0.2) is 9.97 Å². The lowest BCUT2D eigenvalue weighted by Gasteiger charge is -2.36. The maximum absolute atomic E-state index is 6.01. The molecule has 3 nitrogen and oxygen atoms in total. The van der Waals surface area contributed by atoms with Gasteiger partial charge in [-0.2, -0.15) is 0 Å². The predicted molar refractivity (Wildman–Crippen MR) is 46.8 cm³/mol. The summed E-state index contributed by atoms with van der Waals surface area (Å²) < 4.78 is 0. The molecular formula is C8H10ClN3. The van der Waals surface area contributed by atoms with Gasteiger partial charge >= 0.3 is 0 Å². The Morgan fingerprint density at radius 2 is 1.92 bits per heavy atom. The minimum atomic E-state index is -0.273. The van der Waals surface area contributed by atoms with E-state index in [0.717, 1.165) is 18.7 Å². The number of nitrogens with zero attached hydrogens (tertiary/aromatic N) is 2. The molecule has 1 aromatic rings. The second kappa shape index (κ2) is 2.68. The molecule has 0 atom stereocenters. The average Bonchev–Trinajstić information content (AvgIpc) is 2.02. The van der Waals surface area contributed by atoms with Crippen molar-refractivity contribution in [2.24, 2.45) is 5.73 Å². The zero-order valence-electron chi connectivity index (χ0n) is 6.63. The number of hydrogen-bond acceptors (Lipinski definition) is 3. The number of rotatable bonds is 1. The Kier molecular flexibility index (Phi) is 1.77. The van der Waals surface area contributed by atoms with E-state index in [1.54, 1.807) is 12.4 Å². The molecular weight excluding hydrogens is 174 g/mol. The van der Waals surface area contributed by atoms with E-state index < -0.39 is 0 Å². The quantitative estimate of drug-likeness (QED) is 0.718. The lowest BCUT2D eigenvalue weighted by molar-refractivity contribution is 0.238. The SMILES string of the molecule is NC1(c2ncc(Cl)cn2)CCC1. The summed E-state index contributed by atoms with van der Waals surface area (Å²) in [5.41, 5.74) is 5.73. The second-order valence-electron chi connectivity index (χ2n) is 3.23. The van der Waals surface area contributed by atoms with E-state index >= 15 is 0 Å². The van der Waals surface area contributed by atoms with Gasteiger partial charge in [0.05, 0.1) is 10.6 Å². The van der Waals surface area contributed by atoms with Gasteiger partial charge in [0.15, 0.2) is 0 Å². The third-order valence-electron chi connectivity index (χ3n) is 2.31. The largest absolute Gasteiger partial charge is 0.319 e. The third kappa shape index (κ3) is 1.19. The summed E-state index contributed by atoms with van der Waals surface area (Å²) >= 11 is 5.66. The normalized spacial score (nSPS) is 20.2. The van der Waals surface area contributed by atoms with Gasteiger partial charge in [0.1, 0.15) is 5.82 Å². The molecule has 0 spiro atoms. The predicted octanol–water partition coefficient (Wildman–Crippen LogP) is 1.47. The zero-order valence-corrected chi connectivity index (χ0v) is 7.38. The maximum Gasteiger partial charge on any atom is 0.148 e. The number of hydrogen-bond donors (Lipinski definition) is 1. The fraction of sp³-hybridized carbons (Fsp3) is 0.500. The fourth-order valence-electron chi connectivity index (χ4n) is 1.35. The summed E-state index contributed by atoms with van der Waals surface area (Å²) in [6, 6.07) is 0. The van der Waals surface area contributed by atoms with Gasteiger partial charge < -0.3 is 5.73 Å². The van der Waals surface area contributed by atoms with Crippen molar-refractivity contribution in [2.45, 2.75) is 24.8 Å². The molecule has 0 unspecified atom stereocenters. The lowest BCUT2D eigenvalue weighted by atomic mass is 9.77. The van der Waals surface area contributed by atoms with E-state index in [4.69, 9.17) is 17.3 Å². The molecule has 1 aliphatic rings. The van der Waals surface area contributed by atoms with Crippen molar-refractivity contribution in [1.29, 1.82) is 0 Å². The molecule has 4 heteroatoms. The Labute approximate surface area is 76.0 Å². The van der Waals surface area contributed by atoms with Crippen molar-refractivity contribution in [3.8, 4) is 0 Å². The Morgan fingerprint density at radius 3 is 2.33 bits per heavy atom. The van der Waals surface area contributed by atoms with Gasteiger partial charge in [-0.15, -0.1) is 0 Å². The monoisotopic (exact) mass is 183 g/mol. The van der Waals surface area contributed by atoms with Crippen LogP contribution in [0.25, 0.3) is 0 Å². The first kappa shape index (κ1) is 7.95. The third-order valence-corrected chi connectivity index (χ3v) is 2.51. The van der Waals surface area contributed by atoms with Gasteiger partial charge in [-0.25, -0.2) is 9.97 Å². The van der Waals surface area contributed by atoms with Crippen LogP contribution in [0.4, 0.5) is 0 Å². The second-order valence-corrected chi connectivity index (χ2v) is 3.67. The number of nitrogens with two attached hydrogens (primary N) is 1. The van der Waals surface area contributed by atoms with Crippen LogP contribution in [0, 0.1) is 0 Å². The molecule has 64 valence electrons. The molecule has 0 radical (unpaired) electrons. The highest BCUT2D eigenvalue weighted by molar-refractivity contribution is 6.30. The van der Waals surface area contributed by atoms with E-state index in [0.29, 0.717) is 5.02 Å². The number of aromatic nitrogens is 2. The first-order valence-electron chi connectivity index (χ1n) is 3.98. The Balaban J connectivity index is 2.28. The highest BCUT2D eigenvalue weighted by atomic mass is 35.5. The van der Waals surface area contributed by atoms with Gasteiger partial charge in [-0.05, 0) is 19.3 Å². The van der Waals surface area contributed by atoms with Crippen LogP contribution < -0.4 is 5.73 Å². The Morgan fingerprint density at radius 1 is 1.33 bits per heavy atom. The van der Waals surface area contributed by atoms with Crippen LogP contribution in [-0.2, 0) is 5.54 Å². The van der Waals surface area contributed by atoms with Crippen molar-refractivity contribution in [2.75, 3.05) is 0 Å². The van der Waals surface area contributed by atoms with Gasteiger partial charge in [0.25, 0.3) is 0 Å². The van der Waals surface area contributed by atoms with Crippen molar-refractivity contribution < 1.29 is 0 Å². The minimum absolute atomic E-state index is 0.273. The average molecular weight is 184 g/mol. The summed E-state index contributed by atoms with van der Waals surface area (Å²) in [4.78, 5) is 8.21. The molecule has 0 bridgehead atoms. The molecule has 1 aliphatic carbocycles. The Bertz CT molecular complexity index is 279. The summed E-state index contributed by atoms with van der Waals surface area (Å²) in [7, 11) is 0. The van der Waals surface area contributed by atoms with Crippen molar-refractivity contribution in [3.05, 3.63) is 23.2 Å². The molecule has 1 aromatic heterocycles. The topological polar surface area (TPSA) is 51.8 Å². The molecule has 1 heterocycles. The fourth-order valence-corrected chi connectivity index (χ4v) is 1.45.